The van der Waals surface area contributed by atoms with Crippen LogP contribution in [0.25, 0.3) is 0 Å². The van der Waals surface area contributed by atoms with Crippen LogP contribution >= 0.6 is 11.6 Å². The lowest BCUT2D eigenvalue weighted by Crippen LogP contribution is -2.34. The number of nitrogens with zero attached hydrogens (tertiary/aromatic N) is 5. The lowest BCUT2D eigenvalue weighted by Gasteiger charge is -2.33. The number of anilines is 2. The highest BCUT2D eigenvalue weighted by Gasteiger charge is 2.26. The molecule has 4 rings (SSSR count). The summed E-state index contributed by atoms with van der Waals surface area (Å²) in [4.78, 5) is 15.2. The smallest absolute Gasteiger partial charge is 0.223 e. The average molecular weight is 333 g/mol. The van der Waals surface area contributed by atoms with Crippen LogP contribution in [0, 0.1) is 0 Å². The molecule has 23 heavy (non-hydrogen) atoms. The fourth-order valence-electron chi connectivity index (χ4n) is 3.74. The Balaban J connectivity index is 1.48. The molecule has 0 aliphatic carbocycles. The molecular weight excluding hydrogens is 312 g/mol. The quantitative estimate of drug-likeness (QED) is 0.856. The van der Waals surface area contributed by atoms with Gasteiger partial charge in [0.1, 0.15) is 16.8 Å². The zero-order chi connectivity index (χ0) is 15.8. The first kappa shape index (κ1) is 14.8. The lowest BCUT2D eigenvalue weighted by atomic mass is 9.95. The van der Waals surface area contributed by atoms with Gasteiger partial charge >= 0.3 is 0 Å². The Morgan fingerprint density at radius 1 is 1.13 bits per heavy atom. The van der Waals surface area contributed by atoms with E-state index in [4.69, 9.17) is 22.3 Å². The number of nitrogens with two attached hydrogens (primary N) is 1. The molecule has 7 heteroatoms. The zero-order valence-corrected chi connectivity index (χ0v) is 13.8. The highest BCUT2D eigenvalue weighted by molar-refractivity contribution is 6.29. The minimum absolute atomic E-state index is 0.233. The monoisotopic (exact) mass is 332 g/mol. The van der Waals surface area contributed by atoms with Crippen molar-refractivity contribution >= 4 is 23.4 Å². The van der Waals surface area contributed by atoms with Crippen molar-refractivity contribution in [3.8, 4) is 0 Å². The molecule has 2 aromatic heterocycles. The largest absolute Gasteiger partial charge is 0.368 e. The van der Waals surface area contributed by atoms with Gasteiger partial charge < -0.3 is 15.2 Å². The van der Waals surface area contributed by atoms with Crippen molar-refractivity contribution < 1.29 is 0 Å². The van der Waals surface area contributed by atoms with Gasteiger partial charge in [0, 0.05) is 43.5 Å². The summed E-state index contributed by atoms with van der Waals surface area (Å²) in [5.74, 6) is 2.87. The molecule has 0 bridgehead atoms. The van der Waals surface area contributed by atoms with E-state index in [1.165, 1.54) is 30.8 Å². The van der Waals surface area contributed by atoms with E-state index in [2.05, 4.69) is 25.6 Å². The summed E-state index contributed by atoms with van der Waals surface area (Å²) in [5.41, 5.74) is 7.11. The summed E-state index contributed by atoms with van der Waals surface area (Å²) in [5, 5.41) is 0.400. The maximum absolute atomic E-state index is 5.99. The van der Waals surface area contributed by atoms with Crippen LogP contribution in [0.2, 0.25) is 5.15 Å². The minimum atomic E-state index is 0.233. The molecule has 2 aliphatic rings. The average Bonchev–Trinajstić information content (AvgIpc) is 2.98. The molecule has 1 saturated heterocycles. The Morgan fingerprint density at radius 2 is 1.96 bits per heavy atom. The number of aromatic nitrogens is 4. The number of hydrogen-bond acceptors (Lipinski definition) is 5. The van der Waals surface area contributed by atoms with Gasteiger partial charge in [-0.1, -0.05) is 11.6 Å². The van der Waals surface area contributed by atoms with Crippen molar-refractivity contribution in [1.82, 2.24) is 19.5 Å². The summed E-state index contributed by atoms with van der Waals surface area (Å²) < 4.78 is 2.45. The summed E-state index contributed by atoms with van der Waals surface area (Å²) in [6, 6.07) is 1.79. The third-order valence-corrected chi connectivity index (χ3v) is 5.11. The number of hydrogen-bond donors (Lipinski definition) is 1. The Kier molecular flexibility index (Phi) is 3.85. The number of piperidine rings is 1. The molecule has 122 valence electrons. The maximum atomic E-state index is 5.99. The van der Waals surface area contributed by atoms with E-state index in [-0.39, 0.29) is 5.95 Å². The maximum Gasteiger partial charge on any atom is 0.223 e. The van der Waals surface area contributed by atoms with E-state index in [1.807, 2.05) is 0 Å². The first-order valence-corrected chi connectivity index (χ1v) is 8.68. The van der Waals surface area contributed by atoms with Gasteiger partial charge in [-0.15, -0.1) is 0 Å². The van der Waals surface area contributed by atoms with Gasteiger partial charge in [-0.25, -0.2) is 9.97 Å². The van der Waals surface area contributed by atoms with Gasteiger partial charge in [-0.3, -0.25) is 0 Å². The molecule has 2 N–H and O–H groups in total. The van der Waals surface area contributed by atoms with Crippen LogP contribution in [0.15, 0.2) is 12.3 Å². The highest BCUT2D eigenvalue weighted by atomic mass is 35.5. The molecule has 4 heterocycles. The van der Waals surface area contributed by atoms with Gasteiger partial charge in [0.25, 0.3) is 0 Å². The summed E-state index contributed by atoms with van der Waals surface area (Å²) in [7, 11) is 0. The molecule has 0 amide bonds. The van der Waals surface area contributed by atoms with Gasteiger partial charge in [-0.05, 0) is 32.1 Å². The lowest BCUT2D eigenvalue weighted by molar-refractivity contribution is 0.439. The Morgan fingerprint density at radius 3 is 2.74 bits per heavy atom. The van der Waals surface area contributed by atoms with Gasteiger partial charge in [-0.2, -0.15) is 4.98 Å². The molecule has 0 unspecified atom stereocenters. The second-order valence-corrected chi connectivity index (χ2v) is 6.77. The molecule has 1 fully saturated rings. The topological polar surface area (TPSA) is 72.9 Å². The fourth-order valence-corrected chi connectivity index (χ4v) is 3.92. The minimum Gasteiger partial charge on any atom is -0.368 e. The van der Waals surface area contributed by atoms with Crippen LogP contribution in [0.3, 0.4) is 0 Å². The van der Waals surface area contributed by atoms with Crippen molar-refractivity contribution in [3.63, 3.8) is 0 Å². The Hall–Kier alpha value is -1.82. The standard InChI is InChI=1S/C16H21ClN6/c17-13-9-14(21-16(18)20-13)22-7-4-11(5-8-22)15-19-10-12-3-1-2-6-23(12)15/h9-11H,1-8H2,(H2,18,20,21). The zero-order valence-electron chi connectivity index (χ0n) is 13.1. The van der Waals surface area contributed by atoms with Gasteiger partial charge in [0.05, 0.1) is 0 Å². The van der Waals surface area contributed by atoms with Crippen LogP contribution in [0.5, 0.6) is 0 Å². The van der Waals surface area contributed by atoms with Crippen LogP contribution in [0.1, 0.15) is 43.1 Å². The van der Waals surface area contributed by atoms with E-state index >= 15 is 0 Å². The molecule has 0 aromatic carbocycles. The molecule has 6 nitrogen and oxygen atoms in total. The van der Waals surface area contributed by atoms with Crippen LogP contribution in [0.4, 0.5) is 11.8 Å². The fraction of sp³-hybridized carbons (Fsp3) is 0.562. The van der Waals surface area contributed by atoms with Crippen LogP contribution < -0.4 is 10.6 Å². The van der Waals surface area contributed by atoms with Crippen molar-refractivity contribution in [1.29, 1.82) is 0 Å². The van der Waals surface area contributed by atoms with Crippen molar-refractivity contribution in [3.05, 3.63) is 28.9 Å². The summed E-state index contributed by atoms with van der Waals surface area (Å²) >= 11 is 5.99. The third kappa shape index (κ3) is 2.87. The predicted octanol–water partition coefficient (Wildman–Crippen LogP) is 2.63. The first-order valence-electron chi connectivity index (χ1n) is 8.30. The van der Waals surface area contributed by atoms with E-state index in [9.17, 15) is 0 Å². The third-order valence-electron chi connectivity index (χ3n) is 4.92. The molecule has 0 atom stereocenters. The molecule has 0 radical (unpaired) electrons. The van der Waals surface area contributed by atoms with E-state index < -0.39 is 0 Å². The number of fused-ring (bicyclic) bond motifs is 1. The molecule has 2 aromatic rings. The number of nitrogen functional groups attached to an aromatic ring is 1. The second-order valence-electron chi connectivity index (χ2n) is 6.38. The molecule has 0 saturated carbocycles. The first-order chi connectivity index (χ1) is 11.2. The second kappa shape index (κ2) is 6.00. The van der Waals surface area contributed by atoms with Gasteiger partial charge in [0.15, 0.2) is 0 Å². The van der Waals surface area contributed by atoms with Crippen molar-refractivity contribution in [2.24, 2.45) is 0 Å². The van der Waals surface area contributed by atoms with E-state index in [0.29, 0.717) is 11.1 Å². The number of halogens is 1. The van der Waals surface area contributed by atoms with E-state index in [1.54, 1.807) is 6.07 Å². The van der Waals surface area contributed by atoms with E-state index in [0.717, 1.165) is 38.3 Å². The number of rotatable bonds is 2. The van der Waals surface area contributed by atoms with Crippen molar-refractivity contribution in [2.45, 2.75) is 44.6 Å². The Bertz CT molecular complexity index is 684. The summed E-state index contributed by atoms with van der Waals surface area (Å²) in [6.07, 6.45) is 7.97. The number of imidazole rings is 1. The molecule has 0 spiro atoms. The van der Waals surface area contributed by atoms with Crippen LogP contribution in [-0.4, -0.2) is 32.6 Å². The predicted molar refractivity (Wildman–Crippen MR) is 90.8 cm³/mol. The SMILES string of the molecule is Nc1nc(Cl)cc(N2CCC(c3ncc4n3CCCC4)CC2)n1. The summed E-state index contributed by atoms with van der Waals surface area (Å²) in [6.45, 7) is 3.02. The Labute approximate surface area is 140 Å². The van der Waals surface area contributed by atoms with Crippen LogP contribution in [-0.2, 0) is 13.0 Å². The normalized spacial score (nSPS) is 18.9. The van der Waals surface area contributed by atoms with Crippen molar-refractivity contribution in [2.75, 3.05) is 23.7 Å². The highest BCUT2D eigenvalue weighted by Crippen LogP contribution is 2.31. The number of aryl methyl sites for hydroxylation is 1. The molecular formula is C16H21ClN6. The van der Waals surface area contributed by atoms with Gasteiger partial charge in [0.2, 0.25) is 5.95 Å². The molecule has 2 aliphatic heterocycles.